The average Bonchev–Trinajstić information content (AvgIpc) is 2.99. The molecule has 3 nitrogen and oxygen atoms in total. The molecule has 1 unspecified atom stereocenters. The summed E-state index contributed by atoms with van der Waals surface area (Å²) in [5, 5.41) is 8.09. The van der Waals surface area contributed by atoms with Gasteiger partial charge in [-0.15, -0.1) is 0 Å². The zero-order valence-electron chi connectivity index (χ0n) is 9.95. The summed E-state index contributed by atoms with van der Waals surface area (Å²) in [4.78, 5) is 0. The smallest absolute Gasteiger partial charge is 0.0638 e. The first-order chi connectivity index (χ1) is 7.20. The fourth-order valence-corrected chi connectivity index (χ4v) is 1.65. The van der Waals surface area contributed by atoms with E-state index in [1.807, 2.05) is 0 Å². The number of nitrogens with one attached hydrogen (secondary N) is 1. The van der Waals surface area contributed by atoms with Gasteiger partial charge in [0.1, 0.15) is 0 Å². The Morgan fingerprint density at radius 1 is 1.60 bits per heavy atom. The normalized spacial score (nSPS) is 18.1. The van der Waals surface area contributed by atoms with Gasteiger partial charge in [0.15, 0.2) is 0 Å². The predicted molar refractivity (Wildman–Crippen MR) is 61.8 cm³/mol. The van der Waals surface area contributed by atoms with Crippen LogP contribution in [-0.4, -0.2) is 15.8 Å². The van der Waals surface area contributed by atoms with E-state index in [1.165, 1.54) is 24.1 Å². The van der Waals surface area contributed by atoms with Gasteiger partial charge in [0.25, 0.3) is 0 Å². The lowest BCUT2D eigenvalue weighted by Gasteiger charge is -2.07. The van der Waals surface area contributed by atoms with Crippen LogP contribution in [0.3, 0.4) is 0 Å². The Balaban J connectivity index is 1.99. The van der Waals surface area contributed by atoms with E-state index in [2.05, 4.69) is 42.1 Å². The summed E-state index contributed by atoms with van der Waals surface area (Å²) in [7, 11) is 0. The van der Waals surface area contributed by atoms with Crippen LogP contribution in [0.5, 0.6) is 0 Å². The van der Waals surface area contributed by atoms with E-state index >= 15 is 0 Å². The Morgan fingerprint density at radius 3 is 2.93 bits per heavy atom. The van der Waals surface area contributed by atoms with Crippen LogP contribution in [0.15, 0.2) is 6.20 Å². The molecule has 84 valence electrons. The topological polar surface area (TPSA) is 29.9 Å². The Hall–Kier alpha value is -0.830. The first-order valence-corrected chi connectivity index (χ1v) is 5.98. The molecule has 0 aliphatic heterocycles. The van der Waals surface area contributed by atoms with E-state index < -0.39 is 0 Å². The highest BCUT2D eigenvalue weighted by molar-refractivity contribution is 5.15. The van der Waals surface area contributed by atoms with E-state index in [9.17, 15) is 0 Å². The Bertz CT molecular complexity index is 326. The molecule has 1 heterocycles. The first-order valence-electron chi connectivity index (χ1n) is 5.98. The van der Waals surface area contributed by atoms with Crippen molar-refractivity contribution in [2.24, 2.45) is 0 Å². The maximum atomic E-state index is 4.56. The SMILES string of the molecule is CCC(C)n1cc(CNC2CC2)c(C)n1. The molecule has 1 aromatic heterocycles. The van der Waals surface area contributed by atoms with Gasteiger partial charge in [-0.05, 0) is 33.1 Å². The number of hydrogen-bond acceptors (Lipinski definition) is 2. The maximum Gasteiger partial charge on any atom is 0.0638 e. The van der Waals surface area contributed by atoms with Crippen molar-refractivity contribution in [3.63, 3.8) is 0 Å². The molecule has 0 radical (unpaired) electrons. The number of nitrogens with zero attached hydrogens (tertiary/aromatic N) is 2. The lowest BCUT2D eigenvalue weighted by molar-refractivity contribution is 0.475. The summed E-state index contributed by atoms with van der Waals surface area (Å²) in [5.74, 6) is 0. The van der Waals surface area contributed by atoms with Gasteiger partial charge < -0.3 is 5.32 Å². The maximum absolute atomic E-state index is 4.56. The van der Waals surface area contributed by atoms with Gasteiger partial charge in [0.05, 0.1) is 5.69 Å². The van der Waals surface area contributed by atoms with E-state index in [-0.39, 0.29) is 0 Å². The molecule has 3 heteroatoms. The molecule has 0 aromatic carbocycles. The van der Waals surface area contributed by atoms with Crippen molar-refractivity contribution >= 4 is 0 Å². The quantitative estimate of drug-likeness (QED) is 0.803. The largest absolute Gasteiger partial charge is 0.310 e. The summed E-state index contributed by atoms with van der Waals surface area (Å²) < 4.78 is 2.10. The average molecular weight is 207 g/mol. The molecular formula is C12H21N3. The minimum Gasteiger partial charge on any atom is -0.310 e. The van der Waals surface area contributed by atoms with Crippen molar-refractivity contribution in [1.29, 1.82) is 0 Å². The van der Waals surface area contributed by atoms with E-state index in [0.29, 0.717) is 6.04 Å². The van der Waals surface area contributed by atoms with Crippen LogP contribution < -0.4 is 5.32 Å². The molecule has 1 saturated carbocycles. The van der Waals surface area contributed by atoms with Gasteiger partial charge in [-0.3, -0.25) is 4.68 Å². The highest BCUT2D eigenvalue weighted by atomic mass is 15.3. The molecule has 1 aliphatic rings. The third-order valence-electron chi connectivity index (χ3n) is 3.22. The summed E-state index contributed by atoms with van der Waals surface area (Å²) in [6.07, 6.45) is 6.02. The van der Waals surface area contributed by atoms with Crippen molar-refractivity contribution in [1.82, 2.24) is 15.1 Å². The zero-order valence-corrected chi connectivity index (χ0v) is 9.95. The van der Waals surface area contributed by atoms with Crippen LogP contribution in [0, 0.1) is 6.92 Å². The molecule has 1 fully saturated rings. The third-order valence-corrected chi connectivity index (χ3v) is 3.22. The Morgan fingerprint density at radius 2 is 2.33 bits per heavy atom. The van der Waals surface area contributed by atoms with Gasteiger partial charge in [0.2, 0.25) is 0 Å². The molecule has 2 rings (SSSR count). The van der Waals surface area contributed by atoms with Crippen LogP contribution >= 0.6 is 0 Å². The fraction of sp³-hybridized carbons (Fsp3) is 0.750. The molecule has 15 heavy (non-hydrogen) atoms. The van der Waals surface area contributed by atoms with E-state index in [0.717, 1.165) is 19.0 Å². The monoisotopic (exact) mass is 207 g/mol. The second-order valence-electron chi connectivity index (χ2n) is 4.63. The summed E-state index contributed by atoms with van der Waals surface area (Å²) in [5.41, 5.74) is 2.52. The van der Waals surface area contributed by atoms with Gasteiger partial charge in [0, 0.05) is 30.4 Å². The lowest BCUT2D eigenvalue weighted by atomic mass is 10.2. The summed E-state index contributed by atoms with van der Waals surface area (Å²) in [6.45, 7) is 7.49. The van der Waals surface area contributed by atoms with Crippen molar-refractivity contribution in [2.75, 3.05) is 0 Å². The minimum atomic E-state index is 0.512. The molecule has 0 saturated heterocycles. The number of aryl methyl sites for hydroxylation is 1. The molecule has 0 bridgehead atoms. The molecular weight excluding hydrogens is 186 g/mol. The molecule has 0 amide bonds. The van der Waals surface area contributed by atoms with Crippen molar-refractivity contribution < 1.29 is 0 Å². The van der Waals surface area contributed by atoms with Crippen molar-refractivity contribution in [2.45, 2.75) is 58.7 Å². The standard InChI is InChI=1S/C12H21N3/c1-4-9(2)15-8-11(10(3)14-15)7-13-12-5-6-12/h8-9,12-13H,4-7H2,1-3H3. The van der Waals surface area contributed by atoms with E-state index in [1.54, 1.807) is 0 Å². The molecule has 0 spiro atoms. The Labute approximate surface area is 91.9 Å². The second-order valence-corrected chi connectivity index (χ2v) is 4.63. The van der Waals surface area contributed by atoms with Crippen LogP contribution in [-0.2, 0) is 6.54 Å². The van der Waals surface area contributed by atoms with Gasteiger partial charge >= 0.3 is 0 Å². The van der Waals surface area contributed by atoms with Crippen LogP contribution in [0.2, 0.25) is 0 Å². The number of aromatic nitrogens is 2. The van der Waals surface area contributed by atoms with Crippen LogP contribution in [0.25, 0.3) is 0 Å². The highest BCUT2D eigenvalue weighted by Crippen LogP contribution is 2.20. The minimum absolute atomic E-state index is 0.512. The number of hydrogen-bond donors (Lipinski definition) is 1. The third kappa shape index (κ3) is 2.59. The summed E-state index contributed by atoms with van der Waals surface area (Å²) in [6, 6.07) is 1.29. The van der Waals surface area contributed by atoms with Gasteiger partial charge in [-0.25, -0.2) is 0 Å². The van der Waals surface area contributed by atoms with Crippen molar-refractivity contribution in [3.8, 4) is 0 Å². The first kappa shape index (κ1) is 10.7. The molecule has 1 atom stereocenters. The van der Waals surface area contributed by atoms with E-state index in [4.69, 9.17) is 0 Å². The Kier molecular flexibility index (Phi) is 3.10. The fourth-order valence-electron chi connectivity index (χ4n) is 1.65. The zero-order chi connectivity index (χ0) is 10.8. The molecule has 1 aliphatic carbocycles. The van der Waals surface area contributed by atoms with Gasteiger partial charge in [-0.2, -0.15) is 5.10 Å². The lowest BCUT2D eigenvalue weighted by Crippen LogP contribution is -2.15. The van der Waals surface area contributed by atoms with Crippen LogP contribution in [0.4, 0.5) is 0 Å². The molecule has 1 aromatic rings. The van der Waals surface area contributed by atoms with Crippen LogP contribution in [0.1, 0.15) is 50.4 Å². The predicted octanol–water partition coefficient (Wildman–Crippen LogP) is 2.41. The second kappa shape index (κ2) is 4.35. The molecule has 1 N–H and O–H groups in total. The summed E-state index contributed by atoms with van der Waals surface area (Å²) >= 11 is 0. The van der Waals surface area contributed by atoms with Gasteiger partial charge in [-0.1, -0.05) is 6.92 Å². The highest BCUT2D eigenvalue weighted by Gasteiger charge is 2.20. The van der Waals surface area contributed by atoms with Crippen molar-refractivity contribution in [3.05, 3.63) is 17.5 Å². The number of rotatable bonds is 5.